The number of carbonyl (C=O) groups is 2. The molecule has 0 saturated heterocycles. The van der Waals surface area contributed by atoms with Crippen molar-refractivity contribution in [3.8, 4) is 5.75 Å². The molecule has 1 heterocycles. The summed E-state index contributed by atoms with van der Waals surface area (Å²) in [6.07, 6.45) is 0.683. The van der Waals surface area contributed by atoms with E-state index in [1.165, 1.54) is 12.1 Å². The predicted octanol–water partition coefficient (Wildman–Crippen LogP) is 5.12. The molecule has 3 rings (SSSR count). The summed E-state index contributed by atoms with van der Waals surface area (Å²) in [4.78, 5) is 26.5. The number of hydrogen-bond acceptors (Lipinski definition) is 4. The van der Waals surface area contributed by atoms with Gasteiger partial charge in [-0.05, 0) is 58.9 Å². The topological polar surface area (TPSA) is 78.9 Å². The van der Waals surface area contributed by atoms with Gasteiger partial charge in [-0.1, -0.05) is 38.4 Å². The number of phenols is 1. The number of nitrogens with one attached hydrogen (secondary N) is 1. The van der Waals surface area contributed by atoms with E-state index >= 15 is 0 Å². The Bertz CT molecular complexity index is 932. The third-order valence-electron chi connectivity index (χ3n) is 4.81. The molecule has 2 aromatic carbocycles. The van der Waals surface area contributed by atoms with Crippen LogP contribution in [0.3, 0.4) is 0 Å². The van der Waals surface area contributed by atoms with Crippen molar-refractivity contribution in [2.75, 3.05) is 11.9 Å². The second kappa shape index (κ2) is 8.96. The normalized spacial score (nSPS) is 13.5. The molecule has 0 fully saturated rings. The number of aromatic hydroxyl groups is 1. The Morgan fingerprint density at radius 3 is 2.63 bits per heavy atom. The lowest BCUT2D eigenvalue weighted by molar-refractivity contribution is -0.134. The van der Waals surface area contributed by atoms with Crippen molar-refractivity contribution in [3.63, 3.8) is 0 Å². The number of nitrogens with zero attached hydrogens (tertiary/aromatic N) is 1. The van der Waals surface area contributed by atoms with E-state index in [9.17, 15) is 14.7 Å². The lowest BCUT2D eigenvalue weighted by Gasteiger charge is -2.31. The van der Waals surface area contributed by atoms with Crippen molar-refractivity contribution in [2.24, 2.45) is 5.41 Å². The first kappa shape index (κ1) is 22.0. The molecule has 2 N–H and O–H groups in total. The Hall–Kier alpha value is -2.73. The maximum Gasteiger partial charge on any atom is 0.411 e. The van der Waals surface area contributed by atoms with Crippen LogP contribution in [-0.4, -0.2) is 28.6 Å². The Balaban J connectivity index is 1.56. The van der Waals surface area contributed by atoms with Crippen LogP contribution in [0.5, 0.6) is 5.75 Å². The molecule has 2 amide bonds. The summed E-state index contributed by atoms with van der Waals surface area (Å²) in [6.45, 7) is 7.45. The molecule has 1 aliphatic heterocycles. The number of fused-ring (bicyclic) bond motifs is 1. The summed E-state index contributed by atoms with van der Waals surface area (Å²) >= 11 is 5.88. The monoisotopic (exact) mass is 430 g/mol. The van der Waals surface area contributed by atoms with Crippen LogP contribution in [0.1, 0.15) is 43.9 Å². The fourth-order valence-electron chi connectivity index (χ4n) is 3.43. The highest BCUT2D eigenvalue weighted by molar-refractivity contribution is 6.30. The van der Waals surface area contributed by atoms with Gasteiger partial charge in [-0.25, -0.2) is 4.79 Å². The van der Waals surface area contributed by atoms with Gasteiger partial charge in [0.25, 0.3) is 0 Å². The van der Waals surface area contributed by atoms with E-state index in [4.69, 9.17) is 16.3 Å². The van der Waals surface area contributed by atoms with E-state index in [1.807, 2.05) is 23.1 Å². The number of hydrogen-bond donors (Lipinski definition) is 2. The van der Waals surface area contributed by atoms with Gasteiger partial charge < -0.3 is 14.7 Å². The summed E-state index contributed by atoms with van der Waals surface area (Å²) in [7, 11) is 0. The molecule has 30 heavy (non-hydrogen) atoms. The third kappa shape index (κ3) is 6.13. The molecule has 0 bridgehead atoms. The number of benzene rings is 2. The minimum Gasteiger partial charge on any atom is -0.508 e. The SMILES string of the molecule is CC(C)(C)CC(=O)N1CCc2cc(NC(=O)OCc3cc(O)cc(Cl)c3)ccc2C1. The third-order valence-corrected chi connectivity index (χ3v) is 5.03. The van der Waals surface area contributed by atoms with Crippen LogP contribution in [0, 0.1) is 5.41 Å². The largest absolute Gasteiger partial charge is 0.508 e. The number of rotatable bonds is 4. The number of carbonyl (C=O) groups excluding carboxylic acids is 2. The molecule has 160 valence electrons. The minimum absolute atomic E-state index is 0.00422. The zero-order valence-corrected chi connectivity index (χ0v) is 18.3. The van der Waals surface area contributed by atoms with Gasteiger partial charge in [0.15, 0.2) is 0 Å². The highest BCUT2D eigenvalue weighted by atomic mass is 35.5. The molecule has 6 nitrogen and oxygen atoms in total. The van der Waals surface area contributed by atoms with Crippen LogP contribution < -0.4 is 5.32 Å². The van der Waals surface area contributed by atoms with Crippen molar-refractivity contribution < 1.29 is 19.4 Å². The smallest absolute Gasteiger partial charge is 0.411 e. The molecular formula is C23H27ClN2O4. The quantitative estimate of drug-likeness (QED) is 0.705. The number of halogens is 1. The zero-order chi connectivity index (χ0) is 21.9. The fraction of sp³-hybridized carbons (Fsp3) is 0.391. The summed E-state index contributed by atoms with van der Waals surface area (Å²) in [5, 5.41) is 12.6. The van der Waals surface area contributed by atoms with E-state index in [-0.39, 0.29) is 23.7 Å². The lowest BCUT2D eigenvalue weighted by Crippen LogP contribution is -2.37. The maximum absolute atomic E-state index is 12.5. The van der Waals surface area contributed by atoms with Crippen LogP contribution in [0.4, 0.5) is 10.5 Å². The lowest BCUT2D eigenvalue weighted by atomic mass is 9.90. The standard InChI is InChI=1S/C23H27ClN2O4/c1-23(2,3)12-21(28)26-7-6-16-10-19(5-4-17(16)13-26)25-22(29)30-14-15-8-18(24)11-20(27)9-15/h4-5,8-11,27H,6-7,12-14H2,1-3H3,(H,25,29). The molecule has 2 aromatic rings. The Kier molecular flexibility index (Phi) is 6.56. The van der Waals surface area contributed by atoms with Gasteiger partial charge in [0, 0.05) is 30.2 Å². The highest BCUT2D eigenvalue weighted by Crippen LogP contribution is 2.26. The molecule has 7 heteroatoms. The van der Waals surface area contributed by atoms with Gasteiger partial charge in [-0.3, -0.25) is 10.1 Å². The van der Waals surface area contributed by atoms with Gasteiger partial charge in [0.05, 0.1) is 0 Å². The summed E-state index contributed by atoms with van der Waals surface area (Å²) < 4.78 is 5.21. The second-order valence-corrected chi connectivity index (χ2v) is 9.24. The first-order valence-corrected chi connectivity index (χ1v) is 10.3. The van der Waals surface area contributed by atoms with Gasteiger partial charge in [-0.15, -0.1) is 0 Å². The Morgan fingerprint density at radius 2 is 1.93 bits per heavy atom. The van der Waals surface area contributed by atoms with Crippen molar-refractivity contribution in [1.29, 1.82) is 0 Å². The average molecular weight is 431 g/mol. The van der Waals surface area contributed by atoms with Crippen molar-refractivity contribution in [3.05, 3.63) is 58.1 Å². The van der Waals surface area contributed by atoms with Crippen LogP contribution in [0.2, 0.25) is 5.02 Å². The maximum atomic E-state index is 12.5. The number of ether oxygens (including phenoxy) is 1. The number of anilines is 1. The molecule has 0 radical (unpaired) electrons. The molecule has 0 saturated carbocycles. The second-order valence-electron chi connectivity index (χ2n) is 8.81. The molecule has 0 aliphatic carbocycles. The highest BCUT2D eigenvalue weighted by Gasteiger charge is 2.24. The predicted molar refractivity (Wildman–Crippen MR) is 117 cm³/mol. The van der Waals surface area contributed by atoms with Gasteiger partial charge in [-0.2, -0.15) is 0 Å². The van der Waals surface area contributed by atoms with Crippen LogP contribution in [0.15, 0.2) is 36.4 Å². The van der Waals surface area contributed by atoms with E-state index in [0.29, 0.717) is 35.8 Å². The first-order valence-electron chi connectivity index (χ1n) is 9.91. The molecule has 1 aliphatic rings. The molecule has 0 unspecified atom stereocenters. The van der Waals surface area contributed by atoms with Crippen LogP contribution in [-0.2, 0) is 29.1 Å². The summed E-state index contributed by atoms with van der Waals surface area (Å²) in [6, 6.07) is 10.2. The van der Waals surface area contributed by atoms with E-state index in [1.54, 1.807) is 6.07 Å². The summed E-state index contributed by atoms with van der Waals surface area (Å²) in [5.41, 5.74) is 3.42. The minimum atomic E-state index is -0.591. The van der Waals surface area contributed by atoms with E-state index < -0.39 is 6.09 Å². The zero-order valence-electron chi connectivity index (χ0n) is 17.5. The van der Waals surface area contributed by atoms with Crippen molar-refractivity contribution in [1.82, 2.24) is 4.90 Å². The van der Waals surface area contributed by atoms with Gasteiger partial charge >= 0.3 is 6.09 Å². The van der Waals surface area contributed by atoms with Crippen LogP contribution in [0.25, 0.3) is 0 Å². The Labute approximate surface area is 181 Å². The van der Waals surface area contributed by atoms with E-state index in [0.717, 1.165) is 17.5 Å². The summed E-state index contributed by atoms with van der Waals surface area (Å²) in [5.74, 6) is 0.192. The number of amides is 2. The van der Waals surface area contributed by atoms with Crippen LogP contribution >= 0.6 is 11.6 Å². The van der Waals surface area contributed by atoms with Crippen molar-refractivity contribution >= 4 is 29.3 Å². The van der Waals surface area contributed by atoms with E-state index in [2.05, 4.69) is 26.1 Å². The molecule has 0 aromatic heterocycles. The Morgan fingerprint density at radius 1 is 1.17 bits per heavy atom. The molecular weight excluding hydrogens is 404 g/mol. The van der Waals surface area contributed by atoms with Crippen molar-refractivity contribution in [2.45, 2.75) is 46.8 Å². The first-order chi connectivity index (χ1) is 14.1. The average Bonchev–Trinajstić information content (AvgIpc) is 2.64. The van der Waals surface area contributed by atoms with Gasteiger partial charge in [0.2, 0.25) is 5.91 Å². The fourth-order valence-corrected chi connectivity index (χ4v) is 3.68. The number of phenolic OH excluding ortho intramolecular Hbond substituents is 1. The molecule has 0 atom stereocenters. The molecule has 0 spiro atoms. The van der Waals surface area contributed by atoms with Gasteiger partial charge in [0.1, 0.15) is 12.4 Å².